The number of hydrogen-bond donors (Lipinski definition) is 10. The molecule has 0 radical (unpaired) electrons. The SMILES string of the molecule is CC(C)(C)c1cc2c(O)c(c1)Cc1cc(C(C)(C)C)cc(c1OCC(=O)N[C@@H](CCc1ccccc1)C(=O)NCCNC(=S)Nc1ccc([N+](=O)[O-])cc1)Cc1cc(C(C)(C)C)cc(c1O)Cc1cc(C(C)(C)C)cc(c1OCC(=O)N[C@@H](CCc1ccccc1)C(=O)NCCNC(=S)Nc1ccc([N+](=O)[O-])cc1)C2. The summed E-state index contributed by atoms with van der Waals surface area (Å²) in [5, 5.41) is 73.0. The van der Waals surface area contributed by atoms with Crippen LogP contribution < -0.4 is 52.0 Å². The number of nitrogens with zero attached hydrogens (tertiary/aromatic N) is 2. The highest BCUT2D eigenvalue weighted by atomic mass is 32.1. The maximum Gasteiger partial charge on any atom is 0.269 e. The highest BCUT2D eigenvalue weighted by Crippen LogP contribution is 2.44. The highest BCUT2D eigenvalue weighted by Gasteiger charge is 2.31. The van der Waals surface area contributed by atoms with E-state index in [-0.39, 0.29) is 97.8 Å². The number of anilines is 2. The maximum atomic E-state index is 14.7. The van der Waals surface area contributed by atoms with Crippen LogP contribution in [0.2, 0.25) is 0 Å². The number of phenolic OH excluding ortho intramolecular Hbond substituents is 2. The Morgan fingerprint density at radius 3 is 0.964 bits per heavy atom. The Labute approximate surface area is 655 Å². The van der Waals surface area contributed by atoms with E-state index in [1.165, 1.54) is 48.5 Å². The van der Waals surface area contributed by atoms with Crippen LogP contribution in [0.1, 0.15) is 174 Å². The van der Waals surface area contributed by atoms with Crippen LogP contribution in [0.15, 0.2) is 158 Å². The van der Waals surface area contributed by atoms with Crippen LogP contribution in [0.25, 0.3) is 0 Å². The number of nitro benzene ring substituents is 2. The molecule has 2 atom stereocenters. The molecular weight excluding hydrogens is 1430 g/mol. The molecule has 4 amide bonds. The fourth-order valence-electron chi connectivity index (χ4n) is 12.9. The van der Waals surface area contributed by atoms with Gasteiger partial charge in [0.1, 0.15) is 35.1 Å². The van der Waals surface area contributed by atoms with Gasteiger partial charge in [0, 0.05) is 87.5 Å². The van der Waals surface area contributed by atoms with Crippen LogP contribution in [0.5, 0.6) is 23.0 Å². The molecule has 0 fully saturated rings. The number of non-ortho nitro benzene ring substituents is 2. The molecule has 0 saturated carbocycles. The summed E-state index contributed by atoms with van der Waals surface area (Å²) in [6.07, 6.45) is 1.92. The van der Waals surface area contributed by atoms with Gasteiger partial charge in [0.2, 0.25) is 11.8 Å². The van der Waals surface area contributed by atoms with E-state index >= 15 is 0 Å². The smallest absolute Gasteiger partial charge is 0.269 e. The molecule has 8 bridgehead atoms. The van der Waals surface area contributed by atoms with Crippen molar-refractivity contribution in [3.8, 4) is 23.0 Å². The Bertz CT molecular complexity index is 4270. The van der Waals surface area contributed by atoms with E-state index in [1.807, 2.05) is 84.9 Å². The number of amides is 4. The maximum absolute atomic E-state index is 14.7. The molecule has 0 aromatic heterocycles. The quantitative estimate of drug-likeness (QED) is 0.0104. The van der Waals surface area contributed by atoms with Crippen molar-refractivity contribution in [2.75, 3.05) is 50.0 Å². The molecule has 580 valence electrons. The number of benzene rings is 8. The van der Waals surface area contributed by atoms with Crippen molar-refractivity contribution in [2.24, 2.45) is 0 Å². The lowest BCUT2D eigenvalue weighted by Gasteiger charge is -2.28. The summed E-state index contributed by atoms with van der Waals surface area (Å²) in [6.45, 7) is 25.0. The minimum Gasteiger partial charge on any atom is -0.507 e. The van der Waals surface area contributed by atoms with Crippen molar-refractivity contribution < 1.29 is 48.7 Å². The van der Waals surface area contributed by atoms with Gasteiger partial charge in [-0.2, -0.15) is 0 Å². The van der Waals surface area contributed by atoms with E-state index in [2.05, 4.69) is 150 Å². The van der Waals surface area contributed by atoms with E-state index in [0.717, 1.165) is 33.4 Å². The molecule has 9 rings (SSSR count). The van der Waals surface area contributed by atoms with Crippen molar-refractivity contribution in [3.63, 3.8) is 0 Å². The van der Waals surface area contributed by atoms with Crippen LogP contribution in [0.4, 0.5) is 22.7 Å². The van der Waals surface area contributed by atoms with E-state index < -0.39 is 80.4 Å². The summed E-state index contributed by atoms with van der Waals surface area (Å²) in [4.78, 5) is 79.3. The minimum atomic E-state index is -0.998. The first-order valence-corrected chi connectivity index (χ1v) is 37.9. The number of rotatable bonds is 26. The monoisotopic (exact) mass is 1530 g/mol. The molecule has 0 saturated heterocycles. The fraction of sp³-hybridized carbons (Fsp3) is 0.372. The van der Waals surface area contributed by atoms with Gasteiger partial charge in [-0.3, -0.25) is 39.4 Å². The molecule has 0 unspecified atom stereocenters. The number of phenols is 2. The van der Waals surface area contributed by atoms with Gasteiger partial charge in [-0.25, -0.2) is 0 Å². The number of thiocarbonyl (C=S) groups is 2. The molecule has 1 aliphatic carbocycles. The highest BCUT2D eigenvalue weighted by molar-refractivity contribution is 7.80. The predicted octanol–water partition coefficient (Wildman–Crippen LogP) is 14.0. The second-order valence-corrected chi connectivity index (χ2v) is 32.9. The van der Waals surface area contributed by atoms with Gasteiger partial charge in [0.25, 0.3) is 23.2 Å². The standard InChI is InChI=1S/C86H102N10O12S2/c1-83(2,3)63-43-55-39-59-47-65(85(7,8)9)49-61(77(59)107-51-73(97)93-71(33-23-53-19-15-13-16-20-53)79(101)87-35-37-89-81(109)91-67-25-29-69(30-26-67)95(103)104)41-57-45-64(84(4,5)6)46-58(76(57)100)42-62-50-66(86(10,11)12)48-60(40-56(44-63)75(55)99)78(62)108-52-74(98)94-72(34-24-54-21-17-14-18-22-54)80(102)88-36-38-90-82(110)92-68-27-31-70(32-28-68)96(105)106/h13-22,25-32,43-50,71-72,99-100H,23-24,33-42,51-52H2,1-12H3,(H,87,101)(H,88,102)(H,93,97)(H,94,98)(H2,89,91,109)(H2,90,92,110)/t71-,72-/m0/s1. The van der Waals surface area contributed by atoms with Crippen molar-refractivity contribution in [2.45, 2.75) is 168 Å². The predicted molar refractivity (Wildman–Crippen MR) is 440 cm³/mol. The molecule has 10 N–H and O–H groups in total. The minimum absolute atomic E-state index is 0.0238. The number of fused-ring (bicyclic) bond motifs is 8. The molecule has 8 aromatic carbocycles. The zero-order chi connectivity index (χ0) is 79.8. The summed E-state index contributed by atoms with van der Waals surface area (Å²) in [5.74, 6) is -1.20. The number of hydrogen-bond acceptors (Lipinski definition) is 14. The molecular formula is C86H102N10O12S2. The third kappa shape index (κ3) is 23.5. The largest absolute Gasteiger partial charge is 0.507 e. The van der Waals surface area contributed by atoms with Gasteiger partial charge < -0.3 is 62.2 Å². The first kappa shape index (κ1) is 83.1. The van der Waals surface area contributed by atoms with Crippen molar-refractivity contribution >= 4 is 81.0 Å². The molecule has 110 heavy (non-hydrogen) atoms. The average molecular weight is 1530 g/mol. The molecule has 24 heteroatoms. The number of aryl methyl sites for hydroxylation is 2. The number of nitrogens with one attached hydrogen (secondary N) is 8. The number of carbonyl (C=O) groups is 4. The summed E-state index contributed by atoms with van der Waals surface area (Å²) in [5.41, 5.74) is 9.80. The Morgan fingerprint density at radius 2 is 0.691 bits per heavy atom. The van der Waals surface area contributed by atoms with E-state index in [4.69, 9.17) is 33.9 Å². The lowest BCUT2D eigenvalue weighted by Crippen LogP contribution is -2.49. The first-order valence-electron chi connectivity index (χ1n) is 37.0. The average Bonchev–Trinajstić information content (AvgIpc) is 0.761. The molecule has 0 spiro atoms. The second kappa shape index (κ2) is 36.5. The van der Waals surface area contributed by atoms with Gasteiger partial charge in [0.15, 0.2) is 23.4 Å². The number of nitro groups is 2. The van der Waals surface area contributed by atoms with Gasteiger partial charge in [-0.1, -0.05) is 192 Å². The zero-order valence-electron chi connectivity index (χ0n) is 64.8. The van der Waals surface area contributed by atoms with Crippen LogP contribution in [0, 0.1) is 20.2 Å². The van der Waals surface area contributed by atoms with Crippen molar-refractivity contribution in [3.05, 3.63) is 256 Å². The van der Waals surface area contributed by atoms with Gasteiger partial charge >= 0.3 is 0 Å². The zero-order valence-corrected chi connectivity index (χ0v) is 66.4. The van der Waals surface area contributed by atoms with E-state index in [0.29, 0.717) is 80.2 Å². The first-order chi connectivity index (χ1) is 51.9. The normalized spacial score (nSPS) is 12.8. The van der Waals surface area contributed by atoms with Crippen LogP contribution in [0.3, 0.4) is 0 Å². The third-order valence-corrected chi connectivity index (χ3v) is 19.7. The molecule has 1 aliphatic rings. The summed E-state index contributed by atoms with van der Waals surface area (Å²) >= 11 is 10.9. The topological polar surface area (TPSA) is 310 Å². The van der Waals surface area contributed by atoms with Crippen LogP contribution in [-0.2, 0) is 79.4 Å². The van der Waals surface area contributed by atoms with Crippen LogP contribution in [-0.4, -0.2) is 105 Å². The van der Waals surface area contributed by atoms with Gasteiger partial charge in [-0.15, -0.1) is 0 Å². The Morgan fingerprint density at radius 1 is 0.418 bits per heavy atom. The number of ether oxygens (including phenoxy) is 2. The molecule has 0 aliphatic heterocycles. The molecule has 0 heterocycles. The third-order valence-electron chi connectivity index (χ3n) is 19.2. The van der Waals surface area contributed by atoms with Gasteiger partial charge in [0.05, 0.1) is 9.85 Å². The fourth-order valence-corrected chi connectivity index (χ4v) is 13.3. The van der Waals surface area contributed by atoms with E-state index in [1.54, 1.807) is 0 Å². The van der Waals surface area contributed by atoms with Crippen molar-refractivity contribution in [1.29, 1.82) is 0 Å². The molecule has 8 aromatic rings. The lowest BCUT2D eigenvalue weighted by molar-refractivity contribution is -0.385. The van der Waals surface area contributed by atoms with Crippen molar-refractivity contribution in [1.82, 2.24) is 31.9 Å². The summed E-state index contributed by atoms with van der Waals surface area (Å²) in [6, 6.07) is 45.2. The van der Waals surface area contributed by atoms with Gasteiger partial charge in [-0.05, 0) is 174 Å². The Balaban J connectivity index is 1.05. The summed E-state index contributed by atoms with van der Waals surface area (Å²) < 4.78 is 13.8. The Kier molecular flexibility index (Phi) is 27.6. The molecule has 22 nitrogen and oxygen atoms in total. The number of aromatic hydroxyl groups is 2. The Hall–Kier alpha value is -11.0. The second-order valence-electron chi connectivity index (χ2n) is 32.1. The summed E-state index contributed by atoms with van der Waals surface area (Å²) in [7, 11) is 0. The van der Waals surface area contributed by atoms with Crippen LogP contribution >= 0.6 is 24.4 Å². The lowest BCUT2D eigenvalue weighted by atomic mass is 9.79. The number of carbonyl (C=O) groups excluding carboxylic acids is 4. The van der Waals surface area contributed by atoms with E-state index in [9.17, 15) is 49.6 Å².